The van der Waals surface area contributed by atoms with Gasteiger partial charge in [0, 0.05) is 31.9 Å². The molecule has 2 N–H and O–H groups in total. The molecule has 1 aliphatic rings. The number of piperidine rings is 1. The molecule has 100 valence electrons. The first-order chi connectivity index (χ1) is 8.54. The summed E-state index contributed by atoms with van der Waals surface area (Å²) < 4.78 is 1.95. The second-order valence-corrected chi connectivity index (χ2v) is 5.44. The van der Waals surface area contributed by atoms with Gasteiger partial charge < -0.3 is 15.2 Å². The summed E-state index contributed by atoms with van der Waals surface area (Å²) in [5, 5.41) is 0. The zero-order valence-corrected chi connectivity index (χ0v) is 11.5. The maximum Gasteiger partial charge on any atom is 0.270 e. The second kappa shape index (κ2) is 5.14. The van der Waals surface area contributed by atoms with Gasteiger partial charge in [-0.05, 0) is 37.8 Å². The van der Waals surface area contributed by atoms with Crippen LogP contribution in [0.15, 0.2) is 12.1 Å². The Bertz CT molecular complexity index is 438. The summed E-state index contributed by atoms with van der Waals surface area (Å²) >= 11 is 0. The van der Waals surface area contributed by atoms with Crippen LogP contribution < -0.4 is 5.73 Å². The number of hydrogen-bond donors (Lipinski definition) is 1. The fourth-order valence-corrected chi connectivity index (χ4v) is 2.72. The summed E-state index contributed by atoms with van der Waals surface area (Å²) in [5.41, 5.74) is 7.68. The van der Waals surface area contributed by atoms with Gasteiger partial charge in [-0.2, -0.15) is 0 Å². The van der Waals surface area contributed by atoms with Gasteiger partial charge in [-0.1, -0.05) is 6.92 Å². The Balaban J connectivity index is 2.20. The molecular formula is C14H23N3O. The lowest BCUT2D eigenvalue weighted by Crippen LogP contribution is -2.49. The quantitative estimate of drug-likeness (QED) is 0.864. The highest BCUT2D eigenvalue weighted by atomic mass is 16.2. The molecule has 1 fully saturated rings. The van der Waals surface area contributed by atoms with E-state index < -0.39 is 0 Å². The van der Waals surface area contributed by atoms with Crippen molar-refractivity contribution in [1.82, 2.24) is 9.47 Å². The molecule has 2 rings (SSSR count). The standard InChI is InChI=1S/C14H23N3O/c1-10-6-7-17(12(8-10)9-15)14(18)13-5-4-11(2)16(13)3/h4-5,10,12H,6-9,15H2,1-3H3. The molecule has 2 atom stereocenters. The maximum absolute atomic E-state index is 12.6. The summed E-state index contributed by atoms with van der Waals surface area (Å²) in [7, 11) is 1.94. The first-order valence-corrected chi connectivity index (χ1v) is 6.68. The van der Waals surface area contributed by atoms with Crippen LogP contribution in [0, 0.1) is 12.8 Å². The molecule has 0 aliphatic carbocycles. The molecule has 0 spiro atoms. The van der Waals surface area contributed by atoms with E-state index in [9.17, 15) is 4.79 Å². The Morgan fingerprint density at radius 2 is 2.22 bits per heavy atom. The molecule has 4 nitrogen and oxygen atoms in total. The van der Waals surface area contributed by atoms with Crippen molar-refractivity contribution in [2.75, 3.05) is 13.1 Å². The Hall–Kier alpha value is -1.29. The van der Waals surface area contributed by atoms with Gasteiger partial charge in [0.25, 0.3) is 5.91 Å². The fraction of sp³-hybridized carbons (Fsp3) is 0.643. The van der Waals surface area contributed by atoms with Crippen LogP contribution >= 0.6 is 0 Å². The first-order valence-electron chi connectivity index (χ1n) is 6.68. The third kappa shape index (κ3) is 2.29. The van der Waals surface area contributed by atoms with E-state index in [-0.39, 0.29) is 11.9 Å². The van der Waals surface area contributed by atoms with E-state index in [4.69, 9.17) is 5.73 Å². The number of hydrogen-bond acceptors (Lipinski definition) is 2. The molecule has 2 unspecified atom stereocenters. The molecule has 1 aliphatic heterocycles. The minimum Gasteiger partial charge on any atom is -0.344 e. The molecule has 0 bridgehead atoms. The highest BCUT2D eigenvalue weighted by molar-refractivity contribution is 5.93. The number of aromatic nitrogens is 1. The molecule has 0 aromatic carbocycles. The maximum atomic E-state index is 12.6. The molecule has 0 saturated carbocycles. The van der Waals surface area contributed by atoms with E-state index in [0.29, 0.717) is 12.5 Å². The second-order valence-electron chi connectivity index (χ2n) is 5.44. The zero-order valence-electron chi connectivity index (χ0n) is 11.5. The van der Waals surface area contributed by atoms with Crippen LogP contribution in [0.25, 0.3) is 0 Å². The van der Waals surface area contributed by atoms with Gasteiger partial charge in [-0.3, -0.25) is 4.79 Å². The lowest BCUT2D eigenvalue weighted by Gasteiger charge is -2.38. The van der Waals surface area contributed by atoms with Crippen LogP contribution in [-0.4, -0.2) is 34.5 Å². The highest BCUT2D eigenvalue weighted by Gasteiger charge is 2.30. The molecule has 18 heavy (non-hydrogen) atoms. The minimum atomic E-state index is 0.118. The summed E-state index contributed by atoms with van der Waals surface area (Å²) in [5.74, 6) is 0.783. The van der Waals surface area contributed by atoms with E-state index >= 15 is 0 Å². The van der Waals surface area contributed by atoms with Gasteiger partial charge in [0.05, 0.1) is 0 Å². The number of carbonyl (C=O) groups is 1. The summed E-state index contributed by atoms with van der Waals surface area (Å²) in [6, 6.07) is 4.08. The summed E-state index contributed by atoms with van der Waals surface area (Å²) in [6.07, 6.45) is 2.09. The predicted molar refractivity (Wildman–Crippen MR) is 72.4 cm³/mol. The van der Waals surface area contributed by atoms with Gasteiger partial charge in [-0.15, -0.1) is 0 Å². The predicted octanol–water partition coefficient (Wildman–Crippen LogP) is 1.53. The van der Waals surface area contributed by atoms with Gasteiger partial charge in [0.2, 0.25) is 0 Å². The monoisotopic (exact) mass is 249 g/mol. The Morgan fingerprint density at radius 1 is 1.50 bits per heavy atom. The van der Waals surface area contributed by atoms with Crippen molar-refractivity contribution in [2.24, 2.45) is 18.7 Å². The van der Waals surface area contributed by atoms with Crippen molar-refractivity contribution in [1.29, 1.82) is 0 Å². The number of amides is 1. The number of nitrogens with two attached hydrogens (primary N) is 1. The lowest BCUT2D eigenvalue weighted by molar-refractivity contribution is 0.0563. The van der Waals surface area contributed by atoms with Gasteiger partial charge >= 0.3 is 0 Å². The number of nitrogens with zero attached hydrogens (tertiary/aromatic N) is 2. The van der Waals surface area contributed by atoms with Gasteiger partial charge in [0.15, 0.2) is 0 Å². The number of likely N-dealkylation sites (tertiary alicyclic amines) is 1. The molecule has 4 heteroatoms. The van der Waals surface area contributed by atoms with Crippen molar-refractivity contribution in [3.63, 3.8) is 0 Å². The largest absolute Gasteiger partial charge is 0.344 e. The number of carbonyl (C=O) groups excluding carboxylic acids is 1. The average molecular weight is 249 g/mol. The van der Waals surface area contributed by atoms with E-state index in [1.165, 1.54) is 0 Å². The van der Waals surface area contributed by atoms with Crippen molar-refractivity contribution in [3.05, 3.63) is 23.5 Å². The van der Waals surface area contributed by atoms with Crippen molar-refractivity contribution in [3.8, 4) is 0 Å². The average Bonchev–Trinajstić information content (AvgIpc) is 2.69. The molecule has 1 saturated heterocycles. The molecule has 1 aromatic rings. The molecule has 1 aromatic heterocycles. The van der Waals surface area contributed by atoms with Crippen LogP contribution in [0.5, 0.6) is 0 Å². The third-order valence-electron chi connectivity index (χ3n) is 4.10. The van der Waals surface area contributed by atoms with Crippen LogP contribution in [-0.2, 0) is 7.05 Å². The Labute approximate surface area is 109 Å². The Kier molecular flexibility index (Phi) is 3.76. The van der Waals surface area contributed by atoms with Gasteiger partial charge in [-0.25, -0.2) is 0 Å². The van der Waals surface area contributed by atoms with E-state index in [1.807, 2.05) is 35.6 Å². The van der Waals surface area contributed by atoms with Crippen molar-refractivity contribution in [2.45, 2.75) is 32.7 Å². The lowest BCUT2D eigenvalue weighted by atomic mass is 9.92. The number of aryl methyl sites for hydroxylation is 1. The smallest absolute Gasteiger partial charge is 0.270 e. The summed E-state index contributed by atoms with van der Waals surface area (Å²) in [4.78, 5) is 14.5. The minimum absolute atomic E-state index is 0.118. The third-order valence-corrected chi connectivity index (χ3v) is 4.10. The normalized spacial score (nSPS) is 24.3. The highest BCUT2D eigenvalue weighted by Crippen LogP contribution is 2.24. The molecule has 0 radical (unpaired) electrons. The number of rotatable bonds is 2. The molecule has 1 amide bonds. The van der Waals surface area contributed by atoms with Crippen LogP contribution in [0.4, 0.5) is 0 Å². The van der Waals surface area contributed by atoms with Crippen molar-refractivity contribution < 1.29 is 4.79 Å². The molecular weight excluding hydrogens is 226 g/mol. The van der Waals surface area contributed by atoms with E-state index in [1.54, 1.807) is 0 Å². The molecule has 2 heterocycles. The first kappa shape index (κ1) is 13.1. The van der Waals surface area contributed by atoms with Crippen LogP contribution in [0.1, 0.15) is 35.9 Å². The van der Waals surface area contributed by atoms with Crippen LogP contribution in [0.3, 0.4) is 0 Å². The van der Waals surface area contributed by atoms with Gasteiger partial charge in [0.1, 0.15) is 5.69 Å². The zero-order chi connectivity index (χ0) is 13.3. The topological polar surface area (TPSA) is 51.3 Å². The van der Waals surface area contributed by atoms with E-state index in [2.05, 4.69) is 6.92 Å². The van der Waals surface area contributed by atoms with Crippen molar-refractivity contribution >= 4 is 5.91 Å². The summed E-state index contributed by atoms with van der Waals surface area (Å²) in [6.45, 7) is 5.62. The fourth-order valence-electron chi connectivity index (χ4n) is 2.72. The van der Waals surface area contributed by atoms with E-state index in [0.717, 1.165) is 30.8 Å². The Morgan fingerprint density at radius 3 is 2.78 bits per heavy atom. The SMILES string of the molecule is Cc1ccc(C(=O)N2CCC(C)CC2CN)n1C. The van der Waals surface area contributed by atoms with Crippen LogP contribution in [0.2, 0.25) is 0 Å².